The second-order valence-corrected chi connectivity index (χ2v) is 6.41. The highest BCUT2D eigenvalue weighted by Gasteiger charge is 2.34. The monoisotopic (exact) mass is 279 g/mol. The summed E-state index contributed by atoms with van der Waals surface area (Å²) in [5.74, 6) is -1.40. The number of nitrogens with zero attached hydrogens (tertiary/aromatic N) is 1. The Balaban J connectivity index is 2.65. The lowest BCUT2D eigenvalue weighted by Gasteiger charge is -2.34. The second kappa shape index (κ2) is 6.49. The van der Waals surface area contributed by atoms with Crippen molar-refractivity contribution in [2.24, 2.45) is 5.92 Å². The van der Waals surface area contributed by atoms with Crippen molar-refractivity contribution in [2.75, 3.05) is 25.4 Å². The van der Waals surface area contributed by atoms with Gasteiger partial charge >= 0.3 is 5.97 Å². The molecule has 0 aromatic carbocycles. The van der Waals surface area contributed by atoms with E-state index in [4.69, 9.17) is 0 Å². The lowest BCUT2D eigenvalue weighted by atomic mass is 9.94. The maximum absolute atomic E-state index is 12.0. The normalized spacial score (nSPS) is 25.9. The second-order valence-electron chi connectivity index (χ2n) is 4.44. The lowest BCUT2D eigenvalue weighted by molar-refractivity contribution is -0.140. The number of hydrogen-bond donors (Lipinski definition) is 1. The number of carbonyl (C=O) groups excluding carboxylic acids is 1. The Bertz CT molecular complexity index is 381. The Morgan fingerprint density at radius 2 is 2.11 bits per heavy atom. The van der Waals surface area contributed by atoms with Crippen LogP contribution in [-0.4, -0.2) is 55.4 Å². The average Bonchev–Trinajstić information content (AvgIpc) is 2.28. The smallest absolute Gasteiger partial charge is 0.322 e. The van der Waals surface area contributed by atoms with Gasteiger partial charge in [-0.25, -0.2) is 12.7 Å². The summed E-state index contributed by atoms with van der Waals surface area (Å²) >= 11 is 0. The van der Waals surface area contributed by atoms with E-state index in [2.05, 4.69) is 4.74 Å². The van der Waals surface area contributed by atoms with E-state index in [1.165, 1.54) is 4.31 Å². The molecule has 0 spiro atoms. The van der Waals surface area contributed by atoms with Gasteiger partial charge < -0.3 is 9.84 Å². The van der Waals surface area contributed by atoms with E-state index < -0.39 is 27.8 Å². The standard InChI is InChI=1S/C11H21NO5S/c1-3-9-7-12(6-5-10(9)13)18(15,16)8-11(14)17-4-2/h9-10,13H,3-8H2,1-2H3. The van der Waals surface area contributed by atoms with Gasteiger partial charge in [0.25, 0.3) is 0 Å². The molecular formula is C11H21NO5S. The molecule has 6 nitrogen and oxygen atoms in total. The molecule has 1 heterocycles. The van der Waals surface area contributed by atoms with Crippen molar-refractivity contribution in [2.45, 2.75) is 32.8 Å². The predicted molar refractivity (Wildman–Crippen MR) is 66.4 cm³/mol. The van der Waals surface area contributed by atoms with Crippen LogP contribution >= 0.6 is 0 Å². The molecular weight excluding hydrogens is 258 g/mol. The molecule has 0 bridgehead atoms. The fourth-order valence-corrected chi connectivity index (χ4v) is 3.45. The number of sulfonamides is 1. The predicted octanol–water partition coefficient (Wildman–Crippen LogP) is -0.0279. The van der Waals surface area contributed by atoms with Crippen molar-refractivity contribution in [3.63, 3.8) is 0 Å². The fraction of sp³-hybridized carbons (Fsp3) is 0.909. The Hall–Kier alpha value is -0.660. The number of ether oxygens (including phenoxy) is 1. The first-order valence-corrected chi connectivity index (χ1v) is 7.83. The van der Waals surface area contributed by atoms with Crippen molar-refractivity contribution >= 4 is 16.0 Å². The number of esters is 1. The summed E-state index contributed by atoms with van der Waals surface area (Å²) in [5, 5.41) is 9.71. The van der Waals surface area contributed by atoms with Gasteiger partial charge in [-0.15, -0.1) is 0 Å². The van der Waals surface area contributed by atoms with Gasteiger partial charge in [-0.05, 0) is 25.7 Å². The number of aliphatic hydroxyl groups excluding tert-OH is 1. The molecule has 0 aromatic heterocycles. The molecule has 0 aliphatic carbocycles. The Morgan fingerprint density at radius 3 is 2.67 bits per heavy atom. The van der Waals surface area contributed by atoms with Crippen LogP contribution in [0.3, 0.4) is 0 Å². The van der Waals surface area contributed by atoms with Gasteiger partial charge in [0.05, 0.1) is 12.7 Å². The maximum atomic E-state index is 12.0. The van der Waals surface area contributed by atoms with E-state index in [-0.39, 0.29) is 25.6 Å². The minimum absolute atomic E-state index is 0.0595. The first-order valence-electron chi connectivity index (χ1n) is 6.22. The van der Waals surface area contributed by atoms with E-state index in [0.717, 1.165) is 0 Å². The number of aliphatic hydroxyl groups is 1. The minimum atomic E-state index is -3.62. The molecule has 2 atom stereocenters. The Labute approximate surface area is 108 Å². The quantitative estimate of drug-likeness (QED) is 0.715. The average molecular weight is 279 g/mol. The maximum Gasteiger partial charge on any atom is 0.322 e. The van der Waals surface area contributed by atoms with Crippen molar-refractivity contribution in [1.29, 1.82) is 0 Å². The van der Waals surface area contributed by atoms with Crippen LogP contribution < -0.4 is 0 Å². The third kappa shape index (κ3) is 3.93. The van der Waals surface area contributed by atoms with Gasteiger partial charge in [-0.3, -0.25) is 4.79 Å². The lowest BCUT2D eigenvalue weighted by Crippen LogP contribution is -2.47. The van der Waals surface area contributed by atoms with E-state index in [0.29, 0.717) is 12.8 Å². The van der Waals surface area contributed by atoms with E-state index in [9.17, 15) is 18.3 Å². The molecule has 1 aliphatic rings. The zero-order valence-corrected chi connectivity index (χ0v) is 11.6. The van der Waals surface area contributed by atoms with Crippen LogP contribution in [0.15, 0.2) is 0 Å². The van der Waals surface area contributed by atoms with Crippen LogP contribution in [0.1, 0.15) is 26.7 Å². The van der Waals surface area contributed by atoms with Gasteiger partial charge in [-0.2, -0.15) is 0 Å². The first-order chi connectivity index (χ1) is 8.40. The molecule has 106 valence electrons. The van der Waals surface area contributed by atoms with Crippen LogP contribution in [0.2, 0.25) is 0 Å². The van der Waals surface area contributed by atoms with Crippen molar-refractivity contribution in [3.8, 4) is 0 Å². The van der Waals surface area contributed by atoms with Gasteiger partial charge in [-0.1, -0.05) is 6.92 Å². The molecule has 18 heavy (non-hydrogen) atoms. The molecule has 0 aromatic rings. The first kappa shape index (κ1) is 15.4. The fourth-order valence-electron chi connectivity index (χ4n) is 2.08. The largest absolute Gasteiger partial charge is 0.465 e. The topological polar surface area (TPSA) is 83.9 Å². The molecule has 1 rings (SSSR count). The van der Waals surface area contributed by atoms with E-state index >= 15 is 0 Å². The van der Waals surface area contributed by atoms with Crippen molar-refractivity contribution in [3.05, 3.63) is 0 Å². The third-order valence-electron chi connectivity index (χ3n) is 3.18. The van der Waals surface area contributed by atoms with Gasteiger partial charge in [0.2, 0.25) is 10.0 Å². The third-order valence-corrected chi connectivity index (χ3v) is 4.90. The molecule has 1 aliphatic heterocycles. The van der Waals surface area contributed by atoms with Crippen molar-refractivity contribution in [1.82, 2.24) is 4.31 Å². The molecule has 1 saturated heterocycles. The number of hydrogen-bond acceptors (Lipinski definition) is 5. The summed E-state index contributed by atoms with van der Waals surface area (Å²) in [6.45, 7) is 4.26. The highest BCUT2D eigenvalue weighted by atomic mass is 32.2. The zero-order valence-electron chi connectivity index (χ0n) is 10.8. The van der Waals surface area contributed by atoms with Crippen LogP contribution in [-0.2, 0) is 19.6 Å². The number of rotatable bonds is 5. The van der Waals surface area contributed by atoms with Crippen molar-refractivity contribution < 1.29 is 23.1 Å². The van der Waals surface area contributed by atoms with Crippen LogP contribution in [0.25, 0.3) is 0 Å². The van der Waals surface area contributed by atoms with Gasteiger partial charge in [0.1, 0.15) is 0 Å². The number of carbonyl (C=O) groups is 1. The minimum Gasteiger partial charge on any atom is -0.465 e. The zero-order chi connectivity index (χ0) is 13.8. The molecule has 0 saturated carbocycles. The molecule has 1 N–H and O–H groups in total. The summed E-state index contributed by atoms with van der Waals surface area (Å²) in [6.07, 6.45) is 0.678. The van der Waals surface area contributed by atoms with Gasteiger partial charge in [0, 0.05) is 13.1 Å². The van der Waals surface area contributed by atoms with Crippen LogP contribution in [0, 0.1) is 5.92 Å². The summed E-state index contributed by atoms with van der Waals surface area (Å²) in [7, 11) is -3.62. The Kier molecular flexibility index (Phi) is 5.55. The summed E-state index contributed by atoms with van der Waals surface area (Å²) in [6, 6.07) is 0. The van der Waals surface area contributed by atoms with E-state index in [1.807, 2.05) is 6.92 Å². The summed E-state index contributed by atoms with van der Waals surface area (Å²) < 4.78 is 29.9. The summed E-state index contributed by atoms with van der Waals surface area (Å²) in [4.78, 5) is 11.2. The highest BCUT2D eigenvalue weighted by Crippen LogP contribution is 2.22. The molecule has 2 unspecified atom stereocenters. The SMILES string of the molecule is CCOC(=O)CS(=O)(=O)N1CCC(O)C(CC)C1. The molecule has 1 fully saturated rings. The molecule has 0 radical (unpaired) electrons. The summed E-state index contributed by atoms with van der Waals surface area (Å²) in [5.41, 5.74) is 0. The molecule has 0 amide bonds. The van der Waals surface area contributed by atoms with E-state index in [1.54, 1.807) is 6.92 Å². The van der Waals surface area contributed by atoms with Crippen LogP contribution in [0.5, 0.6) is 0 Å². The highest BCUT2D eigenvalue weighted by molar-refractivity contribution is 7.89. The van der Waals surface area contributed by atoms with Crippen LogP contribution in [0.4, 0.5) is 0 Å². The molecule has 7 heteroatoms. The Morgan fingerprint density at radius 1 is 1.44 bits per heavy atom. The van der Waals surface area contributed by atoms with Gasteiger partial charge in [0.15, 0.2) is 5.75 Å². The number of piperidine rings is 1.